The molecule has 6 aromatic heterocycles. The maximum absolute atomic E-state index is 12.5. The number of aryl methyl sites for hydroxylation is 3. The fourth-order valence-electron chi connectivity index (χ4n) is 18.9. The summed E-state index contributed by atoms with van der Waals surface area (Å²) in [5.74, 6) is 8.62. The number of sulfone groups is 1. The lowest BCUT2D eigenvalue weighted by Gasteiger charge is -2.27. The summed E-state index contributed by atoms with van der Waals surface area (Å²) in [4.78, 5) is 87.5. The van der Waals surface area contributed by atoms with Crippen LogP contribution in [0.15, 0.2) is 114 Å². The van der Waals surface area contributed by atoms with E-state index in [4.69, 9.17) is 25.5 Å². The van der Waals surface area contributed by atoms with Gasteiger partial charge in [0, 0.05) is 243 Å². The quantitative estimate of drug-likeness (QED) is 0.0446. The second-order valence-corrected chi connectivity index (χ2v) is 40.0. The first-order chi connectivity index (χ1) is 62.8. The normalized spacial score (nSPS) is 17.6. The maximum atomic E-state index is 12.5. The third-order valence-corrected chi connectivity index (χ3v) is 28.6. The van der Waals surface area contributed by atoms with E-state index in [1.807, 2.05) is 105 Å². The van der Waals surface area contributed by atoms with E-state index in [1.165, 1.54) is 147 Å². The van der Waals surface area contributed by atoms with Crippen LogP contribution < -0.4 is 26.6 Å². The Balaban J connectivity index is 0.000000110. The van der Waals surface area contributed by atoms with Crippen molar-refractivity contribution in [3.63, 3.8) is 0 Å². The molecule has 12 heterocycles. The molecule has 130 heavy (non-hydrogen) atoms. The summed E-state index contributed by atoms with van der Waals surface area (Å²) in [6, 6.07) is 31.7. The van der Waals surface area contributed by atoms with Crippen LogP contribution in [0.2, 0.25) is 0 Å². The number of hydrogen-bond donors (Lipinski definition) is 5. The van der Waals surface area contributed by atoms with Crippen molar-refractivity contribution in [2.45, 2.75) is 240 Å². The predicted molar refractivity (Wildman–Crippen MR) is 500 cm³/mol. The number of benzene rings is 4. The monoisotopic (exact) mass is 1780 g/mol. The third-order valence-electron chi connectivity index (χ3n) is 27.5. The van der Waals surface area contributed by atoms with Gasteiger partial charge >= 0.3 is 0 Å². The lowest BCUT2D eigenvalue weighted by atomic mass is 9.91. The highest BCUT2D eigenvalue weighted by Crippen LogP contribution is 2.42. The first-order valence-electron chi connectivity index (χ1n) is 47.1. The molecule has 5 N–H and O–H groups in total. The Morgan fingerprint density at radius 1 is 0.362 bits per heavy atom. The minimum absolute atomic E-state index is 0.0561. The number of nitrogens with one attached hydrogen (secondary N) is 5. The minimum Gasteiger partial charge on any atom is -0.341 e. The number of pyridine rings is 1. The van der Waals surface area contributed by atoms with E-state index < -0.39 is 9.84 Å². The van der Waals surface area contributed by atoms with Crippen LogP contribution >= 0.6 is 0 Å². The zero-order valence-electron chi connectivity index (χ0n) is 76.5. The average Bonchev–Trinajstić information content (AvgIpc) is 1.65. The lowest BCUT2D eigenvalue weighted by molar-refractivity contribution is -0.130. The van der Waals surface area contributed by atoms with Gasteiger partial charge in [0.2, 0.25) is 29.5 Å². The summed E-state index contributed by atoms with van der Waals surface area (Å²) in [6.07, 6.45) is 27.9. The molecule has 5 saturated carbocycles. The second kappa shape index (κ2) is 38.1. The van der Waals surface area contributed by atoms with Crippen LogP contribution in [0.5, 0.6) is 0 Å². The fraction of sp³-hybridized carbons (Fsp3) is 0.495. The minimum atomic E-state index is -3.28. The molecular weight excluding hydrogens is 1660 g/mol. The number of carbonyl (C=O) groups excluding carboxylic acids is 6. The van der Waals surface area contributed by atoms with E-state index in [0.29, 0.717) is 56.7 Å². The first kappa shape index (κ1) is 88.5. The van der Waals surface area contributed by atoms with E-state index in [0.717, 1.165) is 207 Å². The summed E-state index contributed by atoms with van der Waals surface area (Å²) in [5.41, 5.74) is 22.6. The lowest BCUT2D eigenvalue weighted by Crippen LogP contribution is -2.35. The Bertz CT molecular complexity index is 6040. The molecule has 5 fully saturated rings. The average molecular weight is 1780 g/mol. The SMILES string of the molecule is CC(=O)N1CCc2c(c(Nc3ccc4c(c3)C(=O)N(C)CC4)nn2CC2CC2)C1.CC(=O)N1CCc2c(c(Nc3ccc4c(c3)CCCC4)nn2CC2CC2)C1.CC(=O)N1CCc2c(c(Nc3cccc(S(C)(=O)=O)c3)nn2CC2CC2)C1.CC(=O)N1CCc2c(c(Nc3ccccc3)nn2CC2CC2)C1.CC(=O)N1CCc2c(c(Nc3cncc(C)c3)nn2CC2CC2)C1. The Hall–Kier alpha value is -12.2. The summed E-state index contributed by atoms with van der Waals surface area (Å²) >= 11 is 0. The van der Waals surface area contributed by atoms with E-state index in [2.05, 4.69) is 79.2 Å². The van der Waals surface area contributed by atoms with E-state index in [-0.39, 0.29) is 40.3 Å². The van der Waals surface area contributed by atoms with Gasteiger partial charge in [0.1, 0.15) is 0 Å². The van der Waals surface area contributed by atoms with Crippen molar-refractivity contribution in [2.75, 3.05) is 79.2 Å². The molecule has 4 aromatic carbocycles. The topological polar surface area (TPSA) is 318 Å². The zero-order valence-corrected chi connectivity index (χ0v) is 77.3. The van der Waals surface area contributed by atoms with E-state index in [9.17, 15) is 37.2 Å². The molecule has 12 aliphatic rings. The molecule has 22 rings (SSSR count). The van der Waals surface area contributed by atoms with Gasteiger partial charge in [-0.1, -0.05) is 36.4 Å². The number of nitrogens with zero attached hydrogens (tertiary/aromatic N) is 17. The molecule has 0 spiro atoms. The molecule has 0 bridgehead atoms. The van der Waals surface area contributed by atoms with Gasteiger partial charge in [0.25, 0.3) is 5.91 Å². The van der Waals surface area contributed by atoms with Gasteiger partial charge in [0.15, 0.2) is 38.9 Å². The highest BCUT2D eigenvalue weighted by molar-refractivity contribution is 7.90. The van der Waals surface area contributed by atoms with Crippen molar-refractivity contribution < 1.29 is 37.2 Å². The molecule has 10 aromatic rings. The van der Waals surface area contributed by atoms with Crippen molar-refractivity contribution in [3.8, 4) is 0 Å². The Morgan fingerprint density at radius 3 is 1.06 bits per heavy atom. The van der Waals surface area contributed by atoms with Crippen LogP contribution in [-0.2, 0) is 151 Å². The number of rotatable bonds is 21. The number of amides is 6. The van der Waals surface area contributed by atoms with E-state index >= 15 is 0 Å². The fourth-order valence-corrected chi connectivity index (χ4v) is 19.6. The Morgan fingerprint density at radius 2 is 0.700 bits per heavy atom. The van der Waals surface area contributed by atoms with Crippen LogP contribution in [0, 0.1) is 36.5 Å². The number of aromatic nitrogens is 11. The number of likely N-dealkylation sites (N-methyl/N-ethyl adjacent to an activating group) is 1. The second-order valence-electron chi connectivity index (χ2n) is 38.0. The van der Waals surface area contributed by atoms with Crippen LogP contribution in [0.3, 0.4) is 0 Å². The smallest absolute Gasteiger partial charge is 0.253 e. The third kappa shape index (κ3) is 21.3. The molecule has 0 saturated heterocycles. The number of para-hydroxylation sites is 1. The van der Waals surface area contributed by atoms with Gasteiger partial charge in [0.05, 0.1) is 49.5 Å². The Kier molecular flexibility index (Phi) is 25.9. The number of carbonyl (C=O) groups is 6. The molecule has 31 heteroatoms. The van der Waals surface area contributed by atoms with Crippen LogP contribution in [0.1, 0.15) is 201 Å². The molecule has 6 amide bonds. The van der Waals surface area contributed by atoms with Crippen LogP contribution in [0.4, 0.5) is 57.5 Å². The molecule has 0 atom stereocenters. The Labute approximate surface area is 761 Å². The number of fused-ring (bicyclic) bond motifs is 7. The van der Waals surface area contributed by atoms with Gasteiger partial charge in [-0.2, -0.15) is 25.5 Å². The van der Waals surface area contributed by atoms with Crippen molar-refractivity contribution >= 4 is 103 Å². The summed E-state index contributed by atoms with van der Waals surface area (Å²) in [5, 5.41) is 41.4. The summed E-state index contributed by atoms with van der Waals surface area (Å²) in [7, 11) is -1.43. The largest absolute Gasteiger partial charge is 0.341 e. The van der Waals surface area contributed by atoms with Gasteiger partial charge in [-0.15, -0.1) is 0 Å². The van der Waals surface area contributed by atoms with Crippen molar-refractivity contribution in [3.05, 3.63) is 194 Å². The number of hydrogen-bond acceptors (Lipinski definition) is 19. The molecule has 0 unspecified atom stereocenters. The molecule has 6 aliphatic heterocycles. The predicted octanol–water partition coefficient (Wildman–Crippen LogP) is 14.3. The standard InChI is InChI=1S/C22H27N5O2.C22H28N4O.C19H24N4O3S.C18H23N5O.C18H22N4O/c1-14(28)26-10-8-20-19(13-26)21(24-27(20)12-15-3-4-15)23-17-6-5-16-7-9-25(2)22(29)18(16)11-17;1-15(27)25-11-10-21-20(14-25)22(24-26(21)13-16-6-7-16)23-19-9-8-17-4-2-3-5-18(17)12-19;1-13(24)22-9-8-18-17(12-22)19(21-23(18)11-14-6-7-14)20-15-4-3-5-16(10-15)27(2,25)26;1-12-7-15(9-19-8-12)20-18-16-11-22(13(2)24)6-5-17(16)23(21-18)10-14-3-4-14;1-13(23)21-10-9-17-16(12-21)18(19-15-5-3-2-4-6-15)20-22(17)11-14-7-8-14/h5-6,11,15H,3-4,7-10,12-13H2,1-2H3,(H,23,24);8-9,12,16H,2-7,10-11,13-14H2,1H3,(H,23,24);3-5,10,14H,6-9,11-12H2,1-2H3,(H,20,21);7-9,14H,3-6,10-11H2,1-2H3,(H,20,21);2-6,14H,7-12H2,1H3,(H,19,20). The zero-order chi connectivity index (χ0) is 90.2. The van der Waals surface area contributed by atoms with Gasteiger partial charge in [-0.3, -0.25) is 57.2 Å². The van der Waals surface area contributed by atoms with Crippen molar-refractivity contribution in [1.29, 1.82) is 0 Å². The molecule has 6 aliphatic carbocycles. The van der Waals surface area contributed by atoms with E-state index in [1.54, 1.807) is 57.7 Å². The van der Waals surface area contributed by atoms with Gasteiger partial charge in [-0.25, -0.2) is 8.42 Å². The molecule has 0 radical (unpaired) electrons. The molecule has 684 valence electrons. The van der Waals surface area contributed by atoms with Crippen LogP contribution in [-0.4, -0.2) is 180 Å². The molecule has 30 nitrogen and oxygen atoms in total. The number of anilines is 10. The van der Waals surface area contributed by atoms with Crippen LogP contribution in [0.25, 0.3) is 0 Å². The van der Waals surface area contributed by atoms with Gasteiger partial charge < -0.3 is 56.0 Å². The van der Waals surface area contributed by atoms with Crippen molar-refractivity contribution in [2.24, 2.45) is 29.6 Å². The highest BCUT2D eigenvalue weighted by atomic mass is 32.2. The summed E-state index contributed by atoms with van der Waals surface area (Å²) in [6.45, 7) is 22.8. The highest BCUT2D eigenvalue weighted by Gasteiger charge is 2.37. The first-order valence-corrected chi connectivity index (χ1v) is 49.0. The maximum Gasteiger partial charge on any atom is 0.253 e. The van der Waals surface area contributed by atoms with Gasteiger partial charge in [-0.05, 0) is 216 Å². The van der Waals surface area contributed by atoms with Crippen molar-refractivity contribution in [1.82, 2.24) is 83.3 Å². The molecular formula is C99H124N22O8S. The summed E-state index contributed by atoms with van der Waals surface area (Å²) < 4.78 is 34.4.